The van der Waals surface area contributed by atoms with E-state index in [1.165, 1.54) is 12.1 Å². The van der Waals surface area contributed by atoms with E-state index in [-0.39, 0.29) is 11.5 Å². The Hall–Kier alpha value is -1.72. The van der Waals surface area contributed by atoms with Gasteiger partial charge in [0.05, 0.1) is 0 Å². The maximum absolute atomic E-state index is 13.3. The molecule has 104 valence electrons. The minimum absolute atomic E-state index is 0.274. The van der Waals surface area contributed by atoms with E-state index in [0.717, 1.165) is 12.1 Å². The highest BCUT2D eigenvalue weighted by Gasteiger charge is 2.09. The van der Waals surface area contributed by atoms with Gasteiger partial charge in [0.15, 0.2) is 0 Å². The number of carbonyl (C=O) groups excluding carboxylic acids is 1. The van der Waals surface area contributed by atoms with Crippen LogP contribution in [0.5, 0.6) is 0 Å². The molecule has 2 rings (SSSR count). The van der Waals surface area contributed by atoms with E-state index in [9.17, 15) is 9.18 Å². The van der Waals surface area contributed by atoms with Crippen LogP contribution in [0, 0.1) is 5.82 Å². The zero-order chi connectivity index (χ0) is 14.5. The number of benzene rings is 2. The van der Waals surface area contributed by atoms with Crippen LogP contribution in [0.2, 0.25) is 0 Å². The van der Waals surface area contributed by atoms with Gasteiger partial charge in [0.2, 0.25) is 0 Å². The predicted molar refractivity (Wildman–Crippen MR) is 81.3 cm³/mol. The Balaban J connectivity index is 2.16. The molecule has 0 radical (unpaired) electrons. The van der Waals surface area contributed by atoms with Crippen LogP contribution in [0.3, 0.4) is 0 Å². The summed E-state index contributed by atoms with van der Waals surface area (Å²) in [6.45, 7) is 0.717. The highest BCUT2D eigenvalue weighted by atomic mass is 79.9. The molecular formula is C15H14BrFN2O. The van der Waals surface area contributed by atoms with Crippen molar-refractivity contribution in [3.63, 3.8) is 0 Å². The normalized spacial score (nSPS) is 10.3. The summed E-state index contributed by atoms with van der Waals surface area (Å²) in [7, 11) is 1.86. The van der Waals surface area contributed by atoms with Crippen molar-refractivity contribution in [1.82, 2.24) is 5.32 Å². The third-order valence-electron chi connectivity index (χ3n) is 2.69. The number of halogens is 2. The first kappa shape index (κ1) is 14.7. The van der Waals surface area contributed by atoms with Crippen LogP contribution in [0.15, 0.2) is 46.9 Å². The SMILES string of the molecule is CNCc1cccc(NC(=O)c2cc(F)cc(Br)c2)c1. The van der Waals surface area contributed by atoms with E-state index >= 15 is 0 Å². The van der Waals surface area contributed by atoms with Crippen LogP contribution in [0.1, 0.15) is 15.9 Å². The van der Waals surface area contributed by atoms with Gasteiger partial charge >= 0.3 is 0 Å². The molecular weight excluding hydrogens is 323 g/mol. The molecule has 0 heterocycles. The average molecular weight is 337 g/mol. The zero-order valence-corrected chi connectivity index (χ0v) is 12.5. The quantitative estimate of drug-likeness (QED) is 0.896. The number of amides is 1. The third-order valence-corrected chi connectivity index (χ3v) is 3.15. The minimum Gasteiger partial charge on any atom is -0.322 e. The summed E-state index contributed by atoms with van der Waals surface area (Å²) in [5.74, 6) is -0.791. The fourth-order valence-electron chi connectivity index (χ4n) is 1.85. The maximum Gasteiger partial charge on any atom is 0.255 e. The standard InChI is InChI=1S/C15H14BrFN2O/c1-18-9-10-3-2-4-14(5-10)19-15(20)11-6-12(16)8-13(17)7-11/h2-8,18H,9H2,1H3,(H,19,20). The Kier molecular flexibility index (Phi) is 4.87. The van der Waals surface area contributed by atoms with E-state index in [1.807, 2.05) is 25.2 Å². The smallest absolute Gasteiger partial charge is 0.255 e. The number of anilines is 1. The van der Waals surface area contributed by atoms with Crippen LogP contribution < -0.4 is 10.6 Å². The lowest BCUT2D eigenvalue weighted by Gasteiger charge is -2.08. The molecule has 0 aromatic heterocycles. The van der Waals surface area contributed by atoms with Gasteiger partial charge in [-0.05, 0) is 42.9 Å². The molecule has 20 heavy (non-hydrogen) atoms. The largest absolute Gasteiger partial charge is 0.322 e. The molecule has 0 bridgehead atoms. The topological polar surface area (TPSA) is 41.1 Å². The van der Waals surface area contributed by atoms with Gasteiger partial charge in [0.1, 0.15) is 5.82 Å². The summed E-state index contributed by atoms with van der Waals surface area (Å²) in [5.41, 5.74) is 2.02. The first-order chi connectivity index (χ1) is 9.58. The Labute approximate surface area is 125 Å². The Bertz CT molecular complexity index is 611. The van der Waals surface area contributed by atoms with Gasteiger partial charge in [-0.3, -0.25) is 4.79 Å². The molecule has 2 aromatic carbocycles. The monoisotopic (exact) mass is 336 g/mol. The van der Waals surface area contributed by atoms with Gasteiger partial charge in [0.25, 0.3) is 5.91 Å². The maximum atomic E-state index is 13.3. The van der Waals surface area contributed by atoms with Crippen molar-refractivity contribution in [3.05, 3.63) is 63.9 Å². The fourth-order valence-corrected chi connectivity index (χ4v) is 2.32. The first-order valence-electron chi connectivity index (χ1n) is 6.09. The van der Waals surface area contributed by atoms with Crippen LogP contribution in [-0.4, -0.2) is 13.0 Å². The summed E-state index contributed by atoms with van der Waals surface area (Å²) in [4.78, 5) is 12.1. The molecule has 0 saturated heterocycles. The van der Waals surface area contributed by atoms with E-state index in [2.05, 4.69) is 26.6 Å². The molecule has 0 aliphatic heterocycles. The first-order valence-corrected chi connectivity index (χ1v) is 6.89. The van der Waals surface area contributed by atoms with Crippen molar-refractivity contribution >= 4 is 27.5 Å². The molecule has 0 aliphatic rings. The lowest BCUT2D eigenvalue weighted by Crippen LogP contribution is -2.13. The molecule has 1 amide bonds. The Morgan fingerprint density at radius 3 is 2.75 bits per heavy atom. The summed E-state index contributed by atoms with van der Waals surface area (Å²) >= 11 is 3.17. The van der Waals surface area contributed by atoms with Crippen molar-refractivity contribution in [1.29, 1.82) is 0 Å². The van der Waals surface area contributed by atoms with Crippen LogP contribution in [0.25, 0.3) is 0 Å². The lowest BCUT2D eigenvalue weighted by atomic mass is 10.1. The molecule has 0 atom stereocenters. The van der Waals surface area contributed by atoms with Crippen LogP contribution in [0.4, 0.5) is 10.1 Å². The van der Waals surface area contributed by atoms with Gasteiger partial charge in [-0.25, -0.2) is 4.39 Å². The van der Waals surface area contributed by atoms with Crippen LogP contribution in [-0.2, 0) is 6.54 Å². The second-order valence-electron chi connectivity index (χ2n) is 4.34. The number of carbonyl (C=O) groups is 1. The van der Waals surface area contributed by atoms with E-state index in [0.29, 0.717) is 10.2 Å². The van der Waals surface area contributed by atoms with E-state index in [1.54, 1.807) is 12.1 Å². The number of rotatable bonds is 4. The highest BCUT2D eigenvalue weighted by Crippen LogP contribution is 2.17. The molecule has 0 unspecified atom stereocenters. The van der Waals surface area contributed by atoms with E-state index in [4.69, 9.17) is 0 Å². The predicted octanol–water partition coefficient (Wildman–Crippen LogP) is 3.56. The van der Waals surface area contributed by atoms with E-state index < -0.39 is 5.82 Å². The molecule has 0 saturated carbocycles. The highest BCUT2D eigenvalue weighted by molar-refractivity contribution is 9.10. The summed E-state index contributed by atoms with van der Waals surface area (Å²) in [5, 5.41) is 5.80. The number of hydrogen-bond donors (Lipinski definition) is 2. The molecule has 3 nitrogen and oxygen atoms in total. The summed E-state index contributed by atoms with van der Waals surface area (Å²) < 4.78 is 13.8. The minimum atomic E-state index is -0.451. The third kappa shape index (κ3) is 3.88. The Morgan fingerprint density at radius 2 is 2.05 bits per heavy atom. The molecule has 0 fully saturated rings. The molecule has 0 spiro atoms. The fraction of sp³-hybridized carbons (Fsp3) is 0.133. The number of nitrogens with one attached hydrogen (secondary N) is 2. The van der Waals surface area contributed by atoms with Gasteiger partial charge in [-0.15, -0.1) is 0 Å². The summed E-state index contributed by atoms with van der Waals surface area (Å²) in [6.07, 6.45) is 0. The van der Waals surface area contributed by atoms with Crippen molar-refractivity contribution < 1.29 is 9.18 Å². The van der Waals surface area contributed by atoms with Gasteiger partial charge in [-0.1, -0.05) is 28.1 Å². The van der Waals surface area contributed by atoms with Crippen LogP contribution >= 0.6 is 15.9 Å². The average Bonchev–Trinajstić information content (AvgIpc) is 2.38. The molecule has 0 aliphatic carbocycles. The van der Waals surface area contributed by atoms with Crippen molar-refractivity contribution in [3.8, 4) is 0 Å². The van der Waals surface area contributed by atoms with Crippen molar-refractivity contribution in [2.24, 2.45) is 0 Å². The van der Waals surface area contributed by atoms with Gasteiger partial charge < -0.3 is 10.6 Å². The second-order valence-corrected chi connectivity index (χ2v) is 5.26. The summed E-state index contributed by atoms with van der Waals surface area (Å²) in [6, 6.07) is 11.6. The molecule has 2 aromatic rings. The lowest BCUT2D eigenvalue weighted by molar-refractivity contribution is 0.102. The van der Waals surface area contributed by atoms with Gasteiger partial charge in [0, 0.05) is 22.3 Å². The zero-order valence-electron chi connectivity index (χ0n) is 10.9. The molecule has 2 N–H and O–H groups in total. The van der Waals surface area contributed by atoms with Gasteiger partial charge in [-0.2, -0.15) is 0 Å². The van der Waals surface area contributed by atoms with Crippen molar-refractivity contribution in [2.45, 2.75) is 6.54 Å². The number of hydrogen-bond acceptors (Lipinski definition) is 2. The second kappa shape index (κ2) is 6.63. The van der Waals surface area contributed by atoms with Crippen molar-refractivity contribution in [2.75, 3.05) is 12.4 Å². The molecule has 5 heteroatoms. The Morgan fingerprint density at radius 1 is 1.25 bits per heavy atom.